The van der Waals surface area contributed by atoms with Crippen molar-refractivity contribution in [3.05, 3.63) is 40.6 Å². The van der Waals surface area contributed by atoms with Crippen LogP contribution >= 0.6 is 0 Å². The van der Waals surface area contributed by atoms with E-state index in [2.05, 4.69) is 30.7 Å². The van der Waals surface area contributed by atoms with Crippen LogP contribution in [0.15, 0.2) is 18.2 Å². The summed E-state index contributed by atoms with van der Waals surface area (Å²) in [6.45, 7) is 11.1. The van der Waals surface area contributed by atoms with E-state index in [1.165, 1.54) is 19.3 Å². The molecule has 0 spiro atoms. The molecule has 1 saturated carbocycles. The molecular weight excluding hydrogens is 462 g/mol. The zero-order chi connectivity index (χ0) is 26.8. The molecule has 1 amide bonds. The molecule has 0 aliphatic heterocycles. The predicted molar refractivity (Wildman–Crippen MR) is 140 cm³/mol. The molecule has 1 aromatic heterocycles. The van der Waals surface area contributed by atoms with Gasteiger partial charge in [0.05, 0.1) is 16.9 Å². The number of nitrogens with one attached hydrogen (secondary N) is 1. The molecule has 36 heavy (non-hydrogen) atoms. The van der Waals surface area contributed by atoms with Crippen molar-refractivity contribution in [2.24, 2.45) is 5.92 Å². The van der Waals surface area contributed by atoms with Crippen molar-refractivity contribution in [3.63, 3.8) is 0 Å². The monoisotopic (exact) mass is 504 g/mol. The Morgan fingerprint density at radius 3 is 2.31 bits per heavy atom. The highest BCUT2D eigenvalue weighted by molar-refractivity contribution is 5.97. The third-order valence-electron chi connectivity index (χ3n) is 7.08. The predicted octanol–water partition coefficient (Wildman–Crippen LogP) is 6.75. The zero-order valence-electron chi connectivity index (χ0n) is 22.8. The number of carbonyl (C=O) groups is 1. The number of carbonyl (C=O) groups excluding carboxylic acids is 1. The topological polar surface area (TPSA) is 63.5 Å². The smallest absolute Gasteiger partial charge is 0.387 e. The van der Waals surface area contributed by atoms with Crippen molar-refractivity contribution in [2.45, 2.75) is 105 Å². The van der Waals surface area contributed by atoms with E-state index in [4.69, 9.17) is 4.74 Å². The van der Waals surface area contributed by atoms with Gasteiger partial charge in [-0.05, 0) is 75.1 Å². The Morgan fingerprint density at radius 1 is 1.11 bits per heavy atom. The van der Waals surface area contributed by atoms with Crippen LogP contribution in [0.4, 0.5) is 8.78 Å². The number of benzene rings is 1. The first-order valence-electron chi connectivity index (χ1n) is 13.0. The third kappa shape index (κ3) is 6.87. The summed E-state index contributed by atoms with van der Waals surface area (Å²) in [5.74, 6) is 0.310. The molecule has 2 N–H and O–H groups in total. The molecule has 7 heteroatoms. The Kier molecular flexibility index (Phi) is 8.54. The first kappa shape index (κ1) is 28.2. The van der Waals surface area contributed by atoms with Gasteiger partial charge in [0.15, 0.2) is 0 Å². The molecule has 1 aliphatic rings. The van der Waals surface area contributed by atoms with E-state index < -0.39 is 12.2 Å². The summed E-state index contributed by atoms with van der Waals surface area (Å²) >= 11 is 0. The maximum atomic E-state index is 13.5. The lowest BCUT2D eigenvalue weighted by atomic mass is 9.84. The normalized spacial score (nSPS) is 15.4. The highest BCUT2D eigenvalue weighted by Crippen LogP contribution is 2.41. The molecule has 1 heterocycles. The van der Waals surface area contributed by atoms with Gasteiger partial charge in [-0.25, -0.2) is 0 Å². The average molecular weight is 505 g/mol. The third-order valence-corrected chi connectivity index (χ3v) is 7.08. The van der Waals surface area contributed by atoms with Gasteiger partial charge in [-0.1, -0.05) is 46.1 Å². The highest BCUT2D eigenvalue weighted by atomic mass is 19.3. The van der Waals surface area contributed by atoms with Crippen LogP contribution < -0.4 is 10.1 Å². The summed E-state index contributed by atoms with van der Waals surface area (Å²) in [6, 6.07) is 5.62. The van der Waals surface area contributed by atoms with Crippen molar-refractivity contribution in [1.82, 2.24) is 9.88 Å². The lowest BCUT2D eigenvalue weighted by Gasteiger charge is -2.26. The molecule has 200 valence electrons. The zero-order valence-corrected chi connectivity index (χ0v) is 22.8. The summed E-state index contributed by atoms with van der Waals surface area (Å²) in [4.78, 5) is 13.2. The lowest BCUT2D eigenvalue weighted by molar-refractivity contribution is -0.0499. The molecule has 1 aromatic carbocycles. The van der Waals surface area contributed by atoms with Gasteiger partial charge in [0.1, 0.15) is 5.75 Å². The Labute approximate surface area is 214 Å². The first-order valence-corrected chi connectivity index (χ1v) is 13.0. The van der Waals surface area contributed by atoms with Crippen LogP contribution in [0.25, 0.3) is 11.3 Å². The van der Waals surface area contributed by atoms with Crippen LogP contribution in [0, 0.1) is 19.8 Å². The van der Waals surface area contributed by atoms with E-state index >= 15 is 0 Å². The van der Waals surface area contributed by atoms with Crippen LogP contribution in [-0.4, -0.2) is 34.3 Å². The van der Waals surface area contributed by atoms with Gasteiger partial charge in [-0.3, -0.25) is 4.79 Å². The molecule has 1 fully saturated rings. The SMILES string of the molecule is Cc1cc(C(C)(C)C)cc(-c2cc(C(=O)NCC(C)(C)O)c(C)n2CC2CCCCC2)c1OC(F)F. The standard InChI is InChI=1S/C29H42F2N2O3/c1-18-13-21(28(3,4)5)14-23(25(18)36-27(30)31)24-15-22(26(34)32-17-29(6,7)35)19(2)33(24)16-20-11-9-8-10-12-20/h13-15,20,27,35H,8-12,16-17H2,1-7H3,(H,32,34). The number of aromatic nitrogens is 1. The molecule has 3 rings (SSSR count). The second-order valence-electron chi connectivity index (χ2n) is 11.9. The van der Waals surface area contributed by atoms with E-state index in [0.29, 0.717) is 34.8 Å². The second kappa shape index (κ2) is 10.9. The number of aliphatic hydroxyl groups is 1. The minimum atomic E-state index is -2.96. The fraction of sp³-hybridized carbons (Fsp3) is 0.621. The maximum Gasteiger partial charge on any atom is 0.387 e. The van der Waals surface area contributed by atoms with Crippen LogP contribution in [0.5, 0.6) is 5.75 Å². The van der Waals surface area contributed by atoms with E-state index in [0.717, 1.165) is 24.1 Å². The molecule has 0 radical (unpaired) electrons. The van der Waals surface area contributed by atoms with E-state index in [9.17, 15) is 18.7 Å². The Balaban J connectivity index is 2.19. The van der Waals surface area contributed by atoms with Gasteiger partial charge in [0.2, 0.25) is 0 Å². The summed E-state index contributed by atoms with van der Waals surface area (Å²) in [7, 11) is 0. The number of aryl methyl sites for hydroxylation is 1. The number of alkyl halides is 2. The Morgan fingerprint density at radius 2 is 1.75 bits per heavy atom. The summed E-state index contributed by atoms with van der Waals surface area (Å²) in [5.41, 5.74) is 2.93. The molecule has 5 nitrogen and oxygen atoms in total. The number of hydrogen-bond donors (Lipinski definition) is 2. The molecule has 0 bridgehead atoms. The van der Waals surface area contributed by atoms with E-state index in [1.807, 2.05) is 19.1 Å². The molecule has 0 saturated heterocycles. The lowest BCUT2D eigenvalue weighted by Crippen LogP contribution is -2.38. The van der Waals surface area contributed by atoms with Crippen LogP contribution in [0.2, 0.25) is 0 Å². The fourth-order valence-electron chi connectivity index (χ4n) is 5.00. The maximum absolute atomic E-state index is 13.5. The van der Waals surface area contributed by atoms with E-state index in [1.54, 1.807) is 26.8 Å². The number of hydrogen-bond acceptors (Lipinski definition) is 3. The number of amides is 1. The summed E-state index contributed by atoms with van der Waals surface area (Å²) in [6.07, 6.45) is 5.81. The number of ether oxygens (including phenoxy) is 1. The van der Waals surface area contributed by atoms with Gasteiger partial charge in [0, 0.05) is 24.3 Å². The molecule has 0 atom stereocenters. The Hall–Kier alpha value is -2.41. The van der Waals surface area contributed by atoms with Crippen LogP contribution in [-0.2, 0) is 12.0 Å². The fourth-order valence-corrected chi connectivity index (χ4v) is 5.00. The highest BCUT2D eigenvalue weighted by Gasteiger charge is 2.27. The average Bonchev–Trinajstić information content (AvgIpc) is 3.08. The van der Waals surface area contributed by atoms with Crippen molar-refractivity contribution in [1.29, 1.82) is 0 Å². The minimum Gasteiger partial charge on any atom is -0.434 e. The number of rotatable bonds is 8. The van der Waals surface area contributed by atoms with Crippen LogP contribution in [0.3, 0.4) is 0 Å². The summed E-state index contributed by atoms with van der Waals surface area (Å²) in [5, 5.41) is 12.9. The largest absolute Gasteiger partial charge is 0.434 e. The minimum absolute atomic E-state index is 0.104. The Bertz CT molecular complexity index is 1070. The van der Waals surface area contributed by atoms with Gasteiger partial charge in [-0.2, -0.15) is 8.78 Å². The molecule has 0 unspecified atom stereocenters. The van der Waals surface area contributed by atoms with Crippen molar-refractivity contribution in [3.8, 4) is 17.0 Å². The van der Waals surface area contributed by atoms with Gasteiger partial charge >= 0.3 is 6.61 Å². The van der Waals surface area contributed by atoms with Crippen LogP contribution in [0.1, 0.15) is 93.9 Å². The van der Waals surface area contributed by atoms with Gasteiger partial charge < -0.3 is 19.7 Å². The second-order valence-corrected chi connectivity index (χ2v) is 11.9. The quantitative estimate of drug-likeness (QED) is 0.418. The molecular formula is C29H42F2N2O3. The molecule has 1 aliphatic carbocycles. The number of nitrogens with zero attached hydrogens (tertiary/aromatic N) is 1. The van der Waals surface area contributed by atoms with Crippen molar-refractivity contribution < 1.29 is 23.4 Å². The van der Waals surface area contributed by atoms with Gasteiger partial charge in [-0.15, -0.1) is 0 Å². The van der Waals surface area contributed by atoms with Crippen molar-refractivity contribution >= 4 is 5.91 Å². The first-order chi connectivity index (χ1) is 16.7. The number of halogens is 2. The van der Waals surface area contributed by atoms with E-state index in [-0.39, 0.29) is 23.6 Å². The van der Waals surface area contributed by atoms with Crippen molar-refractivity contribution in [2.75, 3.05) is 6.54 Å². The summed E-state index contributed by atoms with van der Waals surface area (Å²) < 4.78 is 34.2. The molecule has 2 aromatic rings. The van der Waals surface area contributed by atoms with Gasteiger partial charge in [0.25, 0.3) is 5.91 Å².